The molecule has 1 aromatic heterocycles. The van der Waals surface area contributed by atoms with E-state index >= 15 is 0 Å². The van der Waals surface area contributed by atoms with Gasteiger partial charge < -0.3 is 10.4 Å². The summed E-state index contributed by atoms with van der Waals surface area (Å²) in [6.45, 7) is 1.24. The lowest BCUT2D eigenvalue weighted by Gasteiger charge is -2.11. The van der Waals surface area contributed by atoms with Gasteiger partial charge in [-0.25, -0.2) is 0 Å². The van der Waals surface area contributed by atoms with E-state index in [2.05, 4.69) is 10.4 Å². The molecule has 1 aromatic rings. The van der Waals surface area contributed by atoms with E-state index in [1.165, 1.54) is 10.9 Å². The highest BCUT2D eigenvalue weighted by molar-refractivity contribution is 7.84. The molecule has 8 nitrogen and oxygen atoms in total. The third-order valence-electron chi connectivity index (χ3n) is 2.39. The zero-order valence-electron chi connectivity index (χ0n) is 10.7. The second-order valence-corrected chi connectivity index (χ2v) is 5.72. The summed E-state index contributed by atoms with van der Waals surface area (Å²) < 4.78 is 12.1. The molecule has 0 aliphatic rings. The van der Waals surface area contributed by atoms with Gasteiger partial charge in [-0.1, -0.05) is 0 Å². The normalized spacial score (nSPS) is 14.2. The monoisotopic (exact) mass is 290 g/mol. The zero-order valence-corrected chi connectivity index (χ0v) is 11.5. The standard InChI is InChI=1S/C10H18N4O4S/c1-19(18)4-2-3-11-6-10(15)8-13-7-9(5-12-13)14(16)17/h5,7,10-11,15H,2-4,6,8H2,1H3. The van der Waals surface area contributed by atoms with Gasteiger partial charge in [0, 0.05) is 29.4 Å². The van der Waals surface area contributed by atoms with Crippen LogP contribution in [-0.4, -0.2) is 55.2 Å². The molecule has 0 saturated carbocycles. The Morgan fingerprint density at radius 1 is 1.68 bits per heavy atom. The highest BCUT2D eigenvalue weighted by Gasteiger charge is 2.11. The van der Waals surface area contributed by atoms with Crippen molar-refractivity contribution in [1.82, 2.24) is 15.1 Å². The van der Waals surface area contributed by atoms with Crippen molar-refractivity contribution in [2.45, 2.75) is 19.1 Å². The van der Waals surface area contributed by atoms with Crippen LogP contribution in [0, 0.1) is 10.1 Å². The molecule has 0 aliphatic carbocycles. The van der Waals surface area contributed by atoms with Crippen molar-refractivity contribution in [1.29, 1.82) is 0 Å². The van der Waals surface area contributed by atoms with Gasteiger partial charge in [0.1, 0.15) is 12.4 Å². The molecule has 9 heteroatoms. The van der Waals surface area contributed by atoms with Gasteiger partial charge in [0.25, 0.3) is 0 Å². The SMILES string of the molecule is CS(=O)CCCNCC(O)Cn1cc([N+](=O)[O-])cn1. The van der Waals surface area contributed by atoms with Crippen LogP contribution in [0.5, 0.6) is 0 Å². The maximum absolute atomic E-state index is 10.8. The summed E-state index contributed by atoms with van der Waals surface area (Å²) >= 11 is 0. The number of hydrogen-bond donors (Lipinski definition) is 2. The molecule has 19 heavy (non-hydrogen) atoms. The summed E-state index contributed by atoms with van der Waals surface area (Å²) in [5, 5.41) is 27.0. The van der Waals surface area contributed by atoms with Crippen LogP contribution in [0.15, 0.2) is 12.4 Å². The lowest BCUT2D eigenvalue weighted by molar-refractivity contribution is -0.385. The van der Waals surface area contributed by atoms with Gasteiger partial charge in [0.2, 0.25) is 0 Å². The predicted molar refractivity (Wildman–Crippen MR) is 71.3 cm³/mol. The number of aliphatic hydroxyl groups is 1. The van der Waals surface area contributed by atoms with Gasteiger partial charge in [-0.2, -0.15) is 5.10 Å². The fourth-order valence-electron chi connectivity index (χ4n) is 1.50. The molecule has 2 N–H and O–H groups in total. The second kappa shape index (κ2) is 7.97. The molecule has 0 amide bonds. The summed E-state index contributed by atoms with van der Waals surface area (Å²) in [4.78, 5) is 9.92. The summed E-state index contributed by atoms with van der Waals surface area (Å²) in [7, 11) is -0.793. The van der Waals surface area contributed by atoms with E-state index in [1.807, 2.05) is 0 Å². The lowest BCUT2D eigenvalue weighted by atomic mass is 10.3. The number of nitrogens with one attached hydrogen (secondary N) is 1. The highest BCUT2D eigenvalue weighted by Crippen LogP contribution is 2.07. The van der Waals surface area contributed by atoms with Crippen molar-refractivity contribution < 1.29 is 14.2 Å². The molecule has 0 saturated heterocycles. The Morgan fingerprint density at radius 3 is 3.00 bits per heavy atom. The van der Waals surface area contributed by atoms with Crippen molar-refractivity contribution >= 4 is 16.5 Å². The smallest absolute Gasteiger partial charge is 0.306 e. The number of rotatable bonds is 9. The van der Waals surface area contributed by atoms with Crippen molar-refractivity contribution in [2.24, 2.45) is 0 Å². The molecular weight excluding hydrogens is 272 g/mol. The van der Waals surface area contributed by atoms with Crippen LogP contribution in [0.3, 0.4) is 0 Å². The van der Waals surface area contributed by atoms with Gasteiger partial charge in [-0.15, -0.1) is 0 Å². The Balaban J connectivity index is 2.21. The van der Waals surface area contributed by atoms with Crippen molar-refractivity contribution in [2.75, 3.05) is 25.1 Å². The maximum atomic E-state index is 10.8. The number of aromatic nitrogens is 2. The van der Waals surface area contributed by atoms with Gasteiger partial charge in [-0.05, 0) is 13.0 Å². The number of nitro groups is 1. The lowest BCUT2D eigenvalue weighted by Crippen LogP contribution is -2.31. The molecule has 0 spiro atoms. The van der Waals surface area contributed by atoms with E-state index in [4.69, 9.17) is 0 Å². The first kappa shape index (κ1) is 15.7. The Labute approximate surface area is 113 Å². The van der Waals surface area contributed by atoms with Crippen LogP contribution >= 0.6 is 0 Å². The summed E-state index contributed by atoms with van der Waals surface area (Å²) in [6.07, 6.45) is 4.19. The maximum Gasteiger partial charge on any atom is 0.306 e. The van der Waals surface area contributed by atoms with Crippen molar-refractivity contribution in [3.8, 4) is 0 Å². The Morgan fingerprint density at radius 2 is 2.42 bits per heavy atom. The summed E-state index contributed by atoms with van der Waals surface area (Å²) in [5.41, 5.74) is -0.0921. The molecule has 1 rings (SSSR count). The van der Waals surface area contributed by atoms with E-state index in [0.717, 1.165) is 12.6 Å². The third kappa shape index (κ3) is 6.41. The van der Waals surface area contributed by atoms with E-state index < -0.39 is 21.8 Å². The topological polar surface area (TPSA) is 110 Å². The fourth-order valence-corrected chi connectivity index (χ4v) is 2.05. The minimum atomic E-state index is -0.793. The second-order valence-electron chi connectivity index (χ2n) is 4.17. The predicted octanol–water partition coefficient (Wildman–Crippen LogP) is -0.490. The van der Waals surface area contributed by atoms with Crippen LogP contribution in [0.2, 0.25) is 0 Å². The summed E-state index contributed by atoms with van der Waals surface area (Å²) in [5.74, 6) is 0.633. The van der Waals surface area contributed by atoms with E-state index in [9.17, 15) is 19.4 Å². The van der Waals surface area contributed by atoms with Gasteiger partial charge in [0.15, 0.2) is 0 Å². The van der Waals surface area contributed by atoms with Crippen LogP contribution in [0.4, 0.5) is 5.69 Å². The largest absolute Gasteiger partial charge is 0.390 e. The minimum absolute atomic E-state index is 0.0921. The first-order valence-corrected chi connectivity index (χ1v) is 7.57. The molecule has 0 radical (unpaired) electrons. The van der Waals surface area contributed by atoms with Crippen LogP contribution in [0.25, 0.3) is 0 Å². The third-order valence-corrected chi connectivity index (χ3v) is 3.26. The van der Waals surface area contributed by atoms with Crippen molar-refractivity contribution in [3.05, 3.63) is 22.5 Å². The molecule has 2 atom stereocenters. The van der Waals surface area contributed by atoms with Crippen molar-refractivity contribution in [3.63, 3.8) is 0 Å². The number of hydrogen-bond acceptors (Lipinski definition) is 6. The molecule has 0 aromatic carbocycles. The molecular formula is C10H18N4O4S. The zero-order chi connectivity index (χ0) is 14.3. The Hall–Kier alpha value is -1.32. The quantitative estimate of drug-likeness (QED) is 0.361. The first-order valence-electron chi connectivity index (χ1n) is 5.84. The number of aliphatic hydroxyl groups excluding tert-OH is 1. The summed E-state index contributed by atoms with van der Waals surface area (Å²) in [6, 6.07) is 0. The van der Waals surface area contributed by atoms with Gasteiger partial charge >= 0.3 is 5.69 Å². The Kier molecular flexibility index (Phi) is 6.60. The fraction of sp³-hybridized carbons (Fsp3) is 0.700. The average Bonchev–Trinajstić information content (AvgIpc) is 2.76. The Bertz CT molecular complexity index is 437. The molecule has 0 bridgehead atoms. The first-order chi connectivity index (χ1) is 8.99. The van der Waals surface area contributed by atoms with Crippen LogP contribution in [-0.2, 0) is 17.3 Å². The molecule has 2 unspecified atom stereocenters. The molecule has 108 valence electrons. The van der Waals surface area contributed by atoms with E-state index in [1.54, 1.807) is 6.26 Å². The number of nitrogens with zero attached hydrogens (tertiary/aromatic N) is 3. The molecule has 1 heterocycles. The van der Waals surface area contributed by atoms with Crippen LogP contribution in [0.1, 0.15) is 6.42 Å². The van der Waals surface area contributed by atoms with E-state index in [-0.39, 0.29) is 12.2 Å². The van der Waals surface area contributed by atoms with E-state index in [0.29, 0.717) is 18.8 Å². The van der Waals surface area contributed by atoms with Gasteiger partial charge in [-0.3, -0.25) is 19.0 Å². The van der Waals surface area contributed by atoms with Crippen LogP contribution < -0.4 is 5.32 Å². The highest BCUT2D eigenvalue weighted by atomic mass is 32.2. The minimum Gasteiger partial charge on any atom is -0.390 e. The average molecular weight is 290 g/mol. The van der Waals surface area contributed by atoms with Gasteiger partial charge in [0.05, 0.1) is 17.6 Å². The molecule has 0 aliphatic heterocycles. The molecule has 0 fully saturated rings.